The number of carbonyl (C=O) groups excluding carboxylic acids is 1. The summed E-state index contributed by atoms with van der Waals surface area (Å²) in [5, 5.41) is 12.6. The van der Waals surface area contributed by atoms with Gasteiger partial charge in [-0.2, -0.15) is 10.2 Å². The molecule has 0 saturated carbocycles. The molecule has 0 bridgehead atoms. The lowest BCUT2D eigenvalue weighted by Crippen LogP contribution is -2.34. The molecule has 3 heterocycles. The maximum atomic E-state index is 13.5. The van der Waals surface area contributed by atoms with Gasteiger partial charge in [-0.1, -0.05) is 23.7 Å². The van der Waals surface area contributed by atoms with Gasteiger partial charge in [0.1, 0.15) is 23.3 Å². The number of nitrogens with one attached hydrogen (secondary N) is 1. The lowest BCUT2D eigenvalue weighted by atomic mass is 10.2. The summed E-state index contributed by atoms with van der Waals surface area (Å²) in [6.45, 7) is 1.58. The van der Waals surface area contributed by atoms with Crippen molar-refractivity contribution >= 4 is 28.4 Å². The molecule has 5 aromatic rings. The number of hydrogen-bond acceptors (Lipinski definition) is 4. The topological polar surface area (TPSA) is 86.7 Å². The highest BCUT2D eigenvalue weighted by Gasteiger charge is 2.22. The molecule has 0 unspecified atom stereocenters. The van der Waals surface area contributed by atoms with E-state index in [2.05, 4.69) is 15.5 Å². The van der Waals surface area contributed by atoms with Gasteiger partial charge in [0, 0.05) is 24.0 Å². The number of fused-ring (bicyclic) bond motifs is 1. The monoisotopic (exact) mass is 490 g/mol. The summed E-state index contributed by atoms with van der Waals surface area (Å²) in [5.74, 6) is -0.280. The molecule has 8 nitrogen and oxygen atoms in total. The van der Waals surface area contributed by atoms with Crippen LogP contribution in [0, 0.1) is 12.7 Å². The average Bonchev–Trinajstić information content (AvgIpc) is 3.50. The van der Waals surface area contributed by atoms with E-state index in [0.29, 0.717) is 38.7 Å². The molecule has 5 rings (SSSR count). The van der Waals surface area contributed by atoms with Gasteiger partial charge < -0.3 is 9.88 Å². The molecule has 2 aromatic carbocycles. The summed E-state index contributed by atoms with van der Waals surface area (Å²) in [7, 11) is 0. The Morgan fingerprint density at radius 3 is 2.51 bits per heavy atom. The summed E-state index contributed by atoms with van der Waals surface area (Å²) >= 11 is 6.05. The minimum Gasteiger partial charge on any atom is -0.350 e. The van der Waals surface area contributed by atoms with Crippen molar-refractivity contribution in [3.63, 3.8) is 0 Å². The molecular weight excluding hydrogens is 471 g/mol. The Labute approximate surface area is 204 Å². The van der Waals surface area contributed by atoms with E-state index in [1.54, 1.807) is 40.4 Å². The first-order valence-electron chi connectivity index (χ1n) is 10.8. The molecule has 3 aromatic heterocycles. The quantitative estimate of drug-likeness (QED) is 0.392. The summed E-state index contributed by atoms with van der Waals surface area (Å²) in [4.78, 5) is 26.1. The predicted octanol–water partition coefficient (Wildman–Crippen LogP) is 3.79. The van der Waals surface area contributed by atoms with Crippen LogP contribution in [0.15, 0.2) is 77.9 Å². The van der Waals surface area contributed by atoms with Crippen LogP contribution in [-0.2, 0) is 17.9 Å². The van der Waals surface area contributed by atoms with Gasteiger partial charge in [-0.3, -0.25) is 9.59 Å². The van der Waals surface area contributed by atoms with Crippen LogP contribution in [-0.4, -0.2) is 30.0 Å². The summed E-state index contributed by atoms with van der Waals surface area (Å²) in [6, 6.07) is 16.7. The molecule has 0 aliphatic heterocycles. The van der Waals surface area contributed by atoms with Crippen molar-refractivity contribution in [1.82, 2.24) is 29.4 Å². The fourth-order valence-corrected chi connectivity index (χ4v) is 4.01. The third-order valence-corrected chi connectivity index (χ3v) is 5.77. The SMILES string of the molecule is Cc1nn(CC(=O)NCc2cccc(F)c2)c(=O)c2c(-n3cccc3)n(-c3ccc(Cl)cc3)nc12. The maximum Gasteiger partial charge on any atom is 0.280 e. The zero-order chi connectivity index (χ0) is 24.5. The number of rotatable bonds is 6. The standard InChI is InChI=1S/C25H20ClFN6O2/c1-16-23-22(24(31-11-2-3-12-31)33(30-23)20-9-7-18(26)8-10-20)25(35)32(29-16)15-21(34)28-14-17-5-4-6-19(27)13-17/h2-13H,14-15H2,1H3,(H,28,34). The molecule has 0 atom stereocenters. The Hall–Kier alpha value is -4.24. The van der Waals surface area contributed by atoms with Gasteiger partial charge in [-0.25, -0.2) is 13.8 Å². The van der Waals surface area contributed by atoms with Crippen molar-refractivity contribution in [2.45, 2.75) is 20.0 Å². The van der Waals surface area contributed by atoms with Gasteiger partial charge in [-0.05, 0) is 61.0 Å². The third kappa shape index (κ3) is 4.45. The highest BCUT2D eigenvalue weighted by molar-refractivity contribution is 6.30. The first kappa shape index (κ1) is 22.5. The van der Waals surface area contributed by atoms with E-state index in [1.807, 2.05) is 36.7 Å². The number of halogens is 2. The summed E-state index contributed by atoms with van der Waals surface area (Å²) in [6.07, 6.45) is 3.63. The van der Waals surface area contributed by atoms with Crippen LogP contribution in [0.25, 0.3) is 22.4 Å². The van der Waals surface area contributed by atoms with E-state index in [1.165, 1.54) is 12.1 Å². The van der Waals surface area contributed by atoms with Gasteiger partial charge in [0.2, 0.25) is 5.91 Å². The second-order valence-electron chi connectivity index (χ2n) is 7.98. The Bertz CT molecular complexity index is 1590. The molecule has 1 N–H and O–H groups in total. The van der Waals surface area contributed by atoms with Crippen molar-refractivity contribution < 1.29 is 9.18 Å². The van der Waals surface area contributed by atoms with E-state index in [4.69, 9.17) is 11.6 Å². The van der Waals surface area contributed by atoms with Gasteiger partial charge in [-0.15, -0.1) is 0 Å². The fraction of sp³-hybridized carbons (Fsp3) is 0.120. The molecule has 0 aliphatic rings. The van der Waals surface area contributed by atoms with E-state index in [-0.39, 0.29) is 18.9 Å². The van der Waals surface area contributed by atoms with E-state index in [0.717, 1.165) is 4.68 Å². The van der Waals surface area contributed by atoms with Gasteiger partial charge >= 0.3 is 0 Å². The smallest absolute Gasteiger partial charge is 0.280 e. The van der Waals surface area contributed by atoms with Crippen LogP contribution in [0.5, 0.6) is 0 Å². The Morgan fingerprint density at radius 2 is 1.80 bits per heavy atom. The van der Waals surface area contributed by atoms with Crippen LogP contribution >= 0.6 is 11.6 Å². The lowest BCUT2D eigenvalue weighted by molar-refractivity contribution is -0.122. The number of aryl methyl sites for hydroxylation is 1. The molecule has 10 heteroatoms. The third-order valence-electron chi connectivity index (χ3n) is 5.52. The van der Waals surface area contributed by atoms with Crippen molar-refractivity contribution in [2.24, 2.45) is 0 Å². The van der Waals surface area contributed by atoms with Gasteiger partial charge in [0.25, 0.3) is 5.56 Å². The minimum atomic E-state index is -0.449. The molecule has 1 amide bonds. The highest BCUT2D eigenvalue weighted by atomic mass is 35.5. The normalized spacial score (nSPS) is 11.2. The molecule has 176 valence electrons. The van der Waals surface area contributed by atoms with Crippen molar-refractivity contribution in [3.05, 3.63) is 106 Å². The van der Waals surface area contributed by atoms with Crippen molar-refractivity contribution in [3.8, 4) is 11.5 Å². The average molecular weight is 491 g/mol. The number of carbonyl (C=O) groups is 1. The highest BCUT2D eigenvalue weighted by Crippen LogP contribution is 2.25. The second kappa shape index (κ2) is 9.19. The molecular formula is C25H20ClFN6O2. The number of nitrogens with zero attached hydrogens (tertiary/aromatic N) is 5. The number of aromatic nitrogens is 5. The van der Waals surface area contributed by atoms with E-state index < -0.39 is 11.5 Å². The van der Waals surface area contributed by atoms with Crippen LogP contribution < -0.4 is 10.9 Å². The lowest BCUT2D eigenvalue weighted by Gasteiger charge is -2.10. The van der Waals surface area contributed by atoms with E-state index in [9.17, 15) is 14.0 Å². The van der Waals surface area contributed by atoms with Gasteiger partial charge in [0.05, 0.1) is 11.4 Å². The van der Waals surface area contributed by atoms with E-state index >= 15 is 0 Å². The van der Waals surface area contributed by atoms with Crippen molar-refractivity contribution in [2.75, 3.05) is 0 Å². The zero-order valence-corrected chi connectivity index (χ0v) is 19.4. The van der Waals surface area contributed by atoms with Crippen molar-refractivity contribution in [1.29, 1.82) is 0 Å². The Kier molecular flexibility index (Phi) is 5.92. The molecule has 0 radical (unpaired) electrons. The molecule has 0 saturated heterocycles. The summed E-state index contributed by atoms with van der Waals surface area (Å²) in [5.41, 5.74) is 1.82. The number of amides is 1. The number of benzene rings is 2. The first-order valence-corrected chi connectivity index (χ1v) is 11.2. The largest absolute Gasteiger partial charge is 0.350 e. The van der Waals surface area contributed by atoms with Crippen LogP contribution in [0.1, 0.15) is 11.3 Å². The van der Waals surface area contributed by atoms with Crippen LogP contribution in [0.3, 0.4) is 0 Å². The molecule has 0 fully saturated rings. The molecule has 35 heavy (non-hydrogen) atoms. The molecule has 0 spiro atoms. The molecule has 0 aliphatic carbocycles. The van der Waals surface area contributed by atoms with Crippen LogP contribution in [0.4, 0.5) is 4.39 Å². The summed E-state index contributed by atoms with van der Waals surface area (Å²) < 4.78 is 18.0. The van der Waals surface area contributed by atoms with Gasteiger partial charge in [0.15, 0.2) is 5.82 Å². The first-order chi connectivity index (χ1) is 16.9. The predicted molar refractivity (Wildman–Crippen MR) is 130 cm³/mol. The van der Waals surface area contributed by atoms with Crippen LogP contribution in [0.2, 0.25) is 5.02 Å². The number of hydrogen-bond donors (Lipinski definition) is 1. The Balaban J connectivity index is 1.55. The zero-order valence-electron chi connectivity index (χ0n) is 18.7. The minimum absolute atomic E-state index is 0.135. The Morgan fingerprint density at radius 1 is 1.06 bits per heavy atom. The maximum absolute atomic E-state index is 13.5. The second-order valence-corrected chi connectivity index (χ2v) is 8.42. The fourth-order valence-electron chi connectivity index (χ4n) is 3.89.